The molecule has 0 aromatic carbocycles. The minimum atomic E-state index is -1.90. The molecule has 0 saturated heterocycles. The van der Waals surface area contributed by atoms with E-state index >= 15 is 0 Å². The first-order valence-electron chi connectivity index (χ1n) is 4.23. The van der Waals surface area contributed by atoms with Crippen molar-refractivity contribution in [2.24, 2.45) is 4.76 Å². The van der Waals surface area contributed by atoms with Gasteiger partial charge in [-0.3, -0.25) is 5.10 Å². The molecule has 2 heterocycles. The van der Waals surface area contributed by atoms with Crippen molar-refractivity contribution >= 4 is 51.4 Å². The fourth-order valence-electron chi connectivity index (χ4n) is 1.33. The van der Waals surface area contributed by atoms with Gasteiger partial charge in [0.25, 0.3) is 0 Å². The van der Waals surface area contributed by atoms with Gasteiger partial charge in [0, 0.05) is 5.69 Å². The van der Waals surface area contributed by atoms with Gasteiger partial charge in [0.15, 0.2) is 11.4 Å². The monoisotopic (exact) mass is 278 g/mol. The van der Waals surface area contributed by atoms with Crippen molar-refractivity contribution in [1.82, 2.24) is 10.2 Å². The maximum absolute atomic E-state index is 5.49. The molecular formula is C7H11N4PS3. The van der Waals surface area contributed by atoms with Crippen molar-refractivity contribution in [2.45, 2.75) is 6.92 Å². The van der Waals surface area contributed by atoms with Gasteiger partial charge in [-0.2, -0.15) is 5.10 Å². The molecular weight excluding hydrogens is 267 g/mol. The van der Waals surface area contributed by atoms with Gasteiger partial charge in [-0.15, -0.1) is 11.8 Å². The number of aromatic amines is 1. The number of H-pyrrole nitrogens is 1. The van der Waals surface area contributed by atoms with Gasteiger partial charge in [-0.05, 0) is 31.2 Å². The first-order valence-corrected chi connectivity index (χ1v) is 10.0. The normalized spacial score (nSPS) is 24.3. The number of fused-ring (bicyclic) bond motifs is 1. The number of rotatable bonds is 1. The summed E-state index contributed by atoms with van der Waals surface area (Å²) in [6.45, 7) is 1.99. The SMILES string of the molecule is CSC1=N[P@@](=S)(SC)Nc2n[nH]c(C)c21. The quantitative estimate of drug-likeness (QED) is 0.774. The molecule has 2 N–H and O–H groups in total. The van der Waals surface area contributed by atoms with Crippen LogP contribution < -0.4 is 5.09 Å². The van der Waals surface area contributed by atoms with Crippen LogP contribution in [0.4, 0.5) is 5.82 Å². The van der Waals surface area contributed by atoms with Crippen LogP contribution in [0.1, 0.15) is 11.3 Å². The first kappa shape index (κ1) is 11.5. The van der Waals surface area contributed by atoms with E-state index in [1.807, 2.05) is 19.4 Å². The summed E-state index contributed by atoms with van der Waals surface area (Å²) in [6, 6.07) is 0. The molecule has 0 amide bonds. The standard InChI is InChI=1S/C7H11N4PS3/c1-4-5-6(9-8-4)10-12(13,15-3)11-7(5)14-2/h1-3H3,(H2,8,9,10,11,13)/t12-/m0/s1. The van der Waals surface area contributed by atoms with Crippen LogP contribution in [0, 0.1) is 6.92 Å². The van der Waals surface area contributed by atoms with E-state index in [0.29, 0.717) is 0 Å². The highest BCUT2D eigenvalue weighted by molar-refractivity contribution is 8.70. The Balaban J connectivity index is 2.57. The predicted molar refractivity (Wildman–Crippen MR) is 74.8 cm³/mol. The van der Waals surface area contributed by atoms with Crippen LogP contribution >= 0.6 is 28.7 Å². The third-order valence-electron chi connectivity index (χ3n) is 2.07. The summed E-state index contributed by atoms with van der Waals surface area (Å²) in [5.74, 6) is 0.851. The van der Waals surface area contributed by atoms with Crippen LogP contribution in [0.3, 0.4) is 0 Å². The second-order valence-corrected chi connectivity index (χ2v) is 10.6. The van der Waals surface area contributed by atoms with Gasteiger partial charge in [-0.1, -0.05) is 11.4 Å². The fourth-order valence-corrected chi connectivity index (χ4v) is 5.31. The molecule has 1 atom stereocenters. The Morgan fingerprint density at radius 1 is 1.40 bits per heavy atom. The number of anilines is 1. The second-order valence-electron chi connectivity index (χ2n) is 3.00. The minimum absolute atomic E-state index is 0.851. The molecule has 4 nitrogen and oxygen atoms in total. The lowest BCUT2D eigenvalue weighted by molar-refractivity contribution is 1.05. The van der Waals surface area contributed by atoms with Crippen LogP contribution in [-0.2, 0) is 11.8 Å². The lowest BCUT2D eigenvalue weighted by atomic mass is 10.2. The summed E-state index contributed by atoms with van der Waals surface area (Å²) < 4.78 is 4.62. The Morgan fingerprint density at radius 3 is 2.73 bits per heavy atom. The molecule has 0 spiro atoms. The van der Waals surface area contributed by atoms with Crippen LogP contribution in [0.25, 0.3) is 0 Å². The van der Waals surface area contributed by atoms with E-state index in [4.69, 9.17) is 11.8 Å². The highest BCUT2D eigenvalue weighted by Gasteiger charge is 2.28. The van der Waals surface area contributed by atoms with Gasteiger partial charge in [-0.25, -0.2) is 4.76 Å². The maximum atomic E-state index is 5.49. The average molecular weight is 278 g/mol. The highest BCUT2D eigenvalue weighted by atomic mass is 32.9. The predicted octanol–water partition coefficient (Wildman–Crippen LogP) is 2.84. The van der Waals surface area contributed by atoms with E-state index in [-0.39, 0.29) is 0 Å². The van der Waals surface area contributed by atoms with Crippen LogP contribution in [-0.4, -0.2) is 27.8 Å². The van der Waals surface area contributed by atoms with Crippen molar-refractivity contribution in [3.63, 3.8) is 0 Å². The van der Waals surface area contributed by atoms with Crippen molar-refractivity contribution in [3.05, 3.63) is 11.3 Å². The topological polar surface area (TPSA) is 53.1 Å². The van der Waals surface area contributed by atoms with Gasteiger partial charge in [0.1, 0.15) is 5.04 Å². The van der Waals surface area contributed by atoms with Crippen molar-refractivity contribution in [2.75, 3.05) is 17.6 Å². The average Bonchev–Trinajstić information content (AvgIpc) is 2.59. The Morgan fingerprint density at radius 2 is 2.13 bits per heavy atom. The zero-order chi connectivity index (χ0) is 11.1. The maximum Gasteiger partial charge on any atom is 0.197 e. The minimum Gasteiger partial charge on any atom is -0.315 e. The summed E-state index contributed by atoms with van der Waals surface area (Å²) in [4.78, 5) is 0. The summed E-state index contributed by atoms with van der Waals surface area (Å²) >= 11 is 8.71. The van der Waals surface area contributed by atoms with E-state index in [9.17, 15) is 0 Å². The van der Waals surface area contributed by atoms with Gasteiger partial charge in [0.05, 0.1) is 5.56 Å². The molecule has 0 saturated carbocycles. The van der Waals surface area contributed by atoms with Crippen LogP contribution in [0.15, 0.2) is 4.76 Å². The number of nitrogens with zero attached hydrogens (tertiary/aromatic N) is 2. The lowest BCUT2D eigenvalue weighted by Gasteiger charge is -2.22. The number of aromatic nitrogens is 2. The summed E-state index contributed by atoms with van der Waals surface area (Å²) in [5, 5.41) is 11.4. The van der Waals surface area contributed by atoms with E-state index in [0.717, 1.165) is 22.1 Å². The molecule has 82 valence electrons. The van der Waals surface area contributed by atoms with E-state index < -0.39 is 5.54 Å². The molecule has 15 heavy (non-hydrogen) atoms. The Hall–Kier alpha value is 0.0300. The number of aryl methyl sites for hydroxylation is 1. The number of thioether (sulfide) groups is 1. The molecule has 0 unspecified atom stereocenters. The Kier molecular flexibility index (Phi) is 3.17. The molecule has 1 aromatic rings. The molecule has 1 aliphatic heterocycles. The van der Waals surface area contributed by atoms with Gasteiger partial charge >= 0.3 is 0 Å². The molecule has 0 bridgehead atoms. The third-order valence-corrected chi connectivity index (χ3v) is 8.21. The van der Waals surface area contributed by atoms with E-state index in [1.54, 1.807) is 23.1 Å². The van der Waals surface area contributed by atoms with Crippen molar-refractivity contribution in [3.8, 4) is 0 Å². The molecule has 1 aliphatic rings. The van der Waals surface area contributed by atoms with E-state index in [1.165, 1.54) is 0 Å². The number of hydrogen-bond donors (Lipinski definition) is 2. The Labute approximate surface area is 102 Å². The first-order chi connectivity index (χ1) is 7.09. The molecule has 0 radical (unpaired) electrons. The number of nitrogens with one attached hydrogen (secondary N) is 2. The molecule has 8 heteroatoms. The molecule has 1 aromatic heterocycles. The van der Waals surface area contributed by atoms with Gasteiger partial charge < -0.3 is 5.09 Å². The van der Waals surface area contributed by atoms with Crippen LogP contribution in [0.5, 0.6) is 0 Å². The lowest BCUT2D eigenvalue weighted by Crippen LogP contribution is -2.07. The molecule has 2 rings (SSSR count). The zero-order valence-electron chi connectivity index (χ0n) is 8.57. The molecule has 0 aliphatic carbocycles. The number of hydrogen-bond acceptors (Lipinski definition) is 4. The second kappa shape index (κ2) is 4.13. The van der Waals surface area contributed by atoms with E-state index in [2.05, 4.69) is 20.0 Å². The zero-order valence-corrected chi connectivity index (χ0v) is 11.9. The van der Waals surface area contributed by atoms with Crippen molar-refractivity contribution < 1.29 is 0 Å². The third kappa shape index (κ3) is 1.98. The Bertz CT molecular complexity index is 467. The van der Waals surface area contributed by atoms with Crippen molar-refractivity contribution in [1.29, 1.82) is 0 Å². The smallest absolute Gasteiger partial charge is 0.197 e. The largest absolute Gasteiger partial charge is 0.315 e. The fraction of sp³-hybridized carbons (Fsp3) is 0.429. The molecule has 0 fully saturated rings. The summed E-state index contributed by atoms with van der Waals surface area (Å²) in [6.07, 6.45) is 4.00. The van der Waals surface area contributed by atoms with Crippen LogP contribution in [0.2, 0.25) is 0 Å². The van der Waals surface area contributed by atoms with Gasteiger partial charge in [0.2, 0.25) is 0 Å². The summed E-state index contributed by atoms with van der Waals surface area (Å²) in [5.41, 5.74) is 0.200. The summed E-state index contributed by atoms with van der Waals surface area (Å²) in [7, 11) is 0. The highest BCUT2D eigenvalue weighted by Crippen LogP contribution is 2.61.